The molecule has 2 N–H and O–H groups in total. The van der Waals surface area contributed by atoms with Gasteiger partial charge in [-0.15, -0.1) is 0 Å². The van der Waals surface area contributed by atoms with E-state index in [1.807, 2.05) is 17.6 Å². The second-order valence-electron chi connectivity index (χ2n) is 4.26. The summed E-state index contributed by atoms with van der Waals surface area (Å²) in [6.45, 7) is 3.49. The maximum absolute atomic E-state index is 11.7. The van der Waals surface area contributed by atoms with E-state index in [9.17, 15) is 8.42 Å². The molecule has 0 spiro atoms. The third-order valence-corrected chi connectivity index (χ3v) is 4.44. The third kappa shape index (κ3) is 3.17. The SMILES string of the molecule is CCn1cncc1CNc1cccc(S(=O)(=O)NC)c1. The maximum Gasteiger partial charge on any atom is 0.240 e. The Bertz CT molecular complexity index is 679. The first-order valence-electron chi connectivity index (χ1n) is 6.33. The van der Waals surface area contributed by atoms with Gasteiger partial charge in [-0.25, -0.2) is 18.1 Å². The van der Waals surface area contributed by atoms with E-state index in [0.717, 1.165) is 17.9 Å². The first kappa shape index (κ1) is 14.5. The van der Waals surface area contributed by atoms with Crippen molar-refractivity contribution in [3.8, 4) is 0 Å². The lowest BCUT2D eigenvalue weighted by Gasteiger charge is -2.10. The standard InChI is InChI=1S/C13H18N4O2S/c1-3-17-10-15-8-12(17)9-16-11-5-4-6-13(7-11)20(18,19)14-2/h4-8,10,14,16H,3,9H2,1-2H3. The van der Waals surface area contributed by atoms with Gasteiger partial charge in [0.05, 0.1) is 23.5 Å². The van der Waals surface area contributed by atoms with Crippen LogP contribution in [0.1, 0.15) is 12.6 Å². The van der Waals surface area contributed by atoms with Crippen LogP contribution in [0.3, 0.4) is 0 Å². The molecule has 0 saturated heterocycles. The van der Waals surface area contributed by atoms with E-state index in [1.54, 1.807) is 30.7 Å². The minimum atomic E-state index is -3.41. The van der Waals surface area contributed by atoms with Crippen LogP contribution in [0.2, 0.25) is 0 Å². The molecule has 0 aliphatic rings. The number of benzene rings is 1. The quantitative estimate of drug-likeness (QED) is 0.845. The number of hydrogen-bond acceptors (Lipinski definition) is 4. The Hall–Kier alpha value is -1.86. The summed E-state index contributed by atoms with van der Waals surface area (Å²) in [5, 5.41) is 3.21. The highest BCUT2D eigenvalue weighted by Crippen LogP contribution is 2.16. The van der Waals surface area contributed by atoms with E-state index in [1.165, 1.54) is 7.05 Å². The summed E-state index contributed by atoms with van der Waals surface area (Å²) < 4.78 is 27.8. The van der Waals surface area contributed by atoms with Gasteiger partial charge < -0.3 is 9.88 Å². The Morgan fingerprint density at radius 1 is 1.35 bits per heavy atom. The van der Waals surface area contributed by atoms with E-state index >= 15 is 0 Å². The van der Waals surface area contributed by atoms with Crippen LogP contribution >= 0.6 is 0 Å². The second-order valence-corrected chi connectivity index (χ2v) is 6.15. The van der Waals surface area contributed by atoms with Gasteiger partial charge in [0.25, 0.3) is 0 Å². The van der Waals surface area contributed by atoms with Gasteiger partial charge in [-0.1, -0.05) is 6.07 Å². The molecule has 0 aliphatic carbocycles. The van der Waals surface area contributed by atoms with Crippen molar-refractivity contribution in [2.24, 2.45) is 0 Å². The molecule has 0 amide bonds. The predicted octanol–water partition coefficient (Wildman–Crippen LogP) is 1.42. The summed E-state index contributed by atoms with van der Waals surface area (Å²) in [5.41, 5.74) is 1.81. The fourth-order valence-corrected chi connectivity index (χ4v) is 2.64. The van der Waals surface area contributed by atoms with Crippen LogP contribution in [0, 0.1) is 0 Å². The Balaban J connectivity index is 2.13. The van der Waals surface area contributed by atoms with Crippen LogP contribution in [0.25, 0.3) is 0 Å². The lowest BCUT2D eigenvalue weighted by atomic mass is 10.3. The zero-order valence-corrected chi connectivity index (χ0v) is 12.3. The lowest BCUT2D eigenvalue weighted by Crippen LogP contribution is -2.18. The molecule has 0 radical (unpaired) electrons. The van der Waals surface area contributed by atoms with E-state index in [0.29, 0.717) is 6.54 Å². The summed E-state index contributed by atoms with van der Waals surface area (Å²) in [6.07, 6.45) is 3.57. The fraction of sp³-hybridized carbons (Fsp3) is 0.308. The molecule has 0 aliphatic heterocycles. The minimum Gasteiger partial charge on any atom is -0.379 e. The highest BCUT2D eigenvalue weighted by molar-refractivity contribution is 7.89. The van der Waals surface area contributed by atoms with Gasteiger partial charge in [-0.3, -0.25) is 0 Å². The van der Waals surface area contributed by atoms with Gasteiger partial charge in [0.1, 0.15) is 0 Å². The van der Waals surface area contributed by atoms with Crippen molar-refractivity contribution >= 4 is 15.7 Å². The van der Waals surface area contributed by atoms with Crippen molar-refractivity contribution in [1.82, 2.24) is 14.3 Å². The van der Waals surface area contributed by atoms with Crippen molar-refractivity contribution in [2.45, 2.75) is 24.9 Å². The molecule has 2 aromatic rings. The number of nitrogens with one attached hydrogen (secondary N) is 2. The fourth-order valence-electron chi connectivity index (χ4n) is 1.86. The zero-order chi connectivity index (χ0) is 14.6. The number of rotatable bonds is 6. The molecule has 1 aromatic carbocycles. The number of sulfonamides is 1. The molecule has 1 aromatic heterocycles. The molecular formula is C13H18N4O2S. The Kier molecular flexibility index (Phi) is 4.41. The molecule has 20 heavy (non-hydrogen) atoms. The first-order valence-corrected chi connectivity index (χ1v) is 7.81. The molecule has 6 nitrogen and oxygen atoms in total. The van der Waals surface area contributed by atoms with Crippen molar-refractivity contribution in [3.05, 3.63) is 42.5 Å². The van der Waals surface area contributed by atoms with Gasteiger partial charge >= 0.3 is 0 Å². The Morgan fingerprint density at radius 3 is 2.85 bits per heavy atom. The van der Waals surface area contributed by atoms with Crippen LogP contribution in [0.15, 0.2) is 41.7 Å². The maximum atomic E-state index is 11.7. The van der Waals surface area contributed by atoms with Crippen molar-refractivity contribution < 1.29 is 8.42 Å². The number of anilines is 1. The van der Waals surface area contributed by atoms with Crippen LogP contribution in [-0.4, -0.2) is 25.0 Å². The number of hydrogen-bond donors (Lipinski definition) is 2. The summed E-state index contributed by atoms with van der Waals surface area (Å²) in [6, 6.07) is 6.72. The first-order chi connectivity index (χ1) is 9.56. The average molecular weight is 294 g/mol. The van der Waals surface area contributed by atoms with Crippen LogP contribution < -0.4 is 10.0 Å². The molecule has 0 bridgehead atoms. The smallest absolute Gasteiger partial charge is 0.240 e. The molecule has 7 heteroatoms. The van der Waals surface area contributed by atoms with Gasteiger partial charge in [-0.05, 0) is 32.2 Å². The molecule has 0 saturated carbocycles. The number of imidazole rings is 1. The van der Waals surface area contributed by atoms with Crippen LogP contribution in [0.5, 0.6) is 0 Å². The Morgan fingerprint density at radius 2 is 2.15 bits per heavy atom. The largest absolute Gasteiger partial charge is 0.379 e. The van der Waals surface area contributed by atoms with Gasteiger partial charge in [0, 0.05) is 18.4 Å². The molecule has 108 valence electrons. The highest BCUT2D eigenvalue weighted by Gasteiger charge is 2.11. The second kappa shape index (κ2) is 6.06. The predicted molar refractivity (Wildman–Crippen MR) is 77.9 cm³/mol. The van der Waals surface area contributed by atoms with Gasteiger partial charge in [0.15, 0.2) is 0 Å². The summed E-state index contributed by atoms with van der Waals surface area (Å²) in [4.78, 5) is 4.34. The Labute approximate surface area is 118 Å². The van der Waals surface area contributed by atoms with E-state index in [2.05, 4.69) is 15.0 Å². The molecule has 2 rings (SSSR count). The van der Waals surface area contributed by atoms with Crippen LogP contribution in [-0.2, 0) is 23.1 Å². The van der Waals surface area contributed by atoms with Crippen molar-refractivity contribution in [2.75, 3.05) is 12.4 Å². The summed E-state index contributed by atoms with van der Waals surface area (Å²) >= 11 is 0. The summed E-state index contributed by atoms with van der Waals surface area (Å²) in [7, 11) is -2.02. The number of aryl methyl sites for hydroxylation is 1. The number of aromatic nitrogens is 2. The highest BCUT2D eigenvalue weighted by atomic mass is 32.2. The van der Waals surface area contributed by atoms with Crippen molar-refractivity contribution in [1.29, 1.82) is 0 Å². The monoisotopic (exact) mass is 294 g/mol. The normalized spacial score (nSPS) is 11.5. The molecule has 0 unspecified atom stereocenters. The van der Waals surface area contributed by atoms with E-state index in [-0.39, 0.29) is 4.90 Å². The topological polar surface area (TPSA) is 76.0 Å². The van der Waals surface area contributed by atoms with Crippen LogP contribution in [0.4, 0.5) is 5.69 Å². The molecule has 0 atom stereocenters. The molecule has 0 fully saturated rings. The summed E-state index contributed by atoms with van der Waals surface area (Å²) in [5.74, 6) is 0. The minimum absolute atomic E-state index is 0.244. The average Bonchev–Trinajstić information content (AvgIpc) is 2.93. The molecular weight excluding hydrogens is 276 g/mol. The third-order valence-electron chi connectivity index (χ3n) is 3.03. The van der Waals surface area contributed by atoms with Crippen molar-refractivity contribution in [3.63, 3.8) is 0 Å². The van der Waals surface area contributed by atoms with Gasteiger partial charge in [0.2, 0.25) is 10.0 Å². The van der Waals surface area contributed by atoms with E-state index < -0.39 is 10.0 Å². The molecule has 1 heterocycles. The van der Waals surface area contributed by atoms with Gasteiger partial charge in [-0.2, -0.15) is 0 Å². The lowest BCUT2D eigenvalue weighted by molar-refractivity contribution is 0.588. The van der Waals surface area contributed by atoms with E-state index in [4.69, 9.17) is 0 Å². The number of nitrogens with zero attached hydrogens (tertiary/aromatic N) is 2. The zero-order valence-electron chi connectivity index (χ0n) is 11.5.